The molecule has 1 N–H and O–H groups in total. The second-order valence-electron chi connectivity index (χ2n) is 4.37. The lowest BCUT2D eigenvalue weighted by molar-refractivity contribution is 0.200. The van der Waals surface area contributed by atoms with Gasteiger partial charge >= 0.3 is 0 Å². The van der Waals surface area contributed by atoms with E-state index in [0.29, 0.717) is 0 Å². The van der Waals surface area contributed by atoms with Crippen LogP contribution in [0.5, 0.6) is 0 Å². The highest BCUT2D eigenvalue weighted by Gasteiger charge is 2.34. The second kappa shape index (κ2) is 6.60. The third-order valence-corrected chi connectivity index (χ3v) is 4.58. The molecule has 0 amide bonds. The van der Waals surface area contributed by atoms with E-state index in [-0.39, 0.29) is 0 Å². The molecule has 0 atom stereocenters. The second-order valence-corrected chi connectivity index (χ2v) is 5.96. The molecule has 0 aromatic heterocycles. The van der Waals surface area contributed by atoms with Gasteiger partial charge in [0.25, 0.3) is 0 Å². The Morgan fingerprint density at radius 3 is 1.04 bits per heavy atom. The van der Waals surface area contributed by atoms with Gasteiger partial charge in [-0.15, -0.1) is 0 Å². The van der Waals surface area contributed by atoms with Crippen molar-refractivity contribution in [3.8, 4) is 0 Å². The van der Waals surface area contributed by atoms with E-state index in [9.17, 15) is 40.2 Å². The lowest BCUT2D eigenvalue weighted by atomic mass is 9.99. The highest BCUT2D eigenvalue weighted by Crippen LogP contribution is 2.40. The Morgan fingerprint density at radius 2 is 0.750 bits per heavy atom. The lowest BCUT2D eigenvalue weighted by Gasteiger charge is -2.18. The summed E-state index contributed by atoms with van der Waals surface area (Å²) in [5, 5.41) is 9.94. The Hall–Kier alpha value is -1.20. The van der Waals surface area contributed by atoms with Crippen molar-refractivity contribution in [2.45, 2.75) is 6.10 Å². The molecule has 2 rings (SSSR count). The van der Waals surface area contributed by atoms with Crippen LogP contribution in [0.3, 0.4) is 0 Å². The van der Waals surface area contributed by atoms with E-state index >= 15 is 0 Å². The first-order chi connectivity index (χ1) is 11.0. The van der Waals surface area contributed by atoms with Crippen molar-refractivity contribution >= 4 is 31.9 Å². The van der Waals surface area contributed by atoms with E-state index in [1.807, 2.05) is 0 Å². The van der Waals surface area contributed by atoms with Gasteiger partial charge in [-0.3, -0.25) is 0 Å². The van der Waals surface area contributed by atoms with Crippen molar-refractivity contribution in [1.82, 2.24) is 0 Å². The molecule has 2 aromatic rings. The fourth-order valence-corrected chi connectivity index (χ4v) is 3.00. The SMILES string of the molecule is OC(c1c(F)c(F)c(F)c(F)c1Br)c1c(F)c(F)c(F)c(F)c1Br. The average Bonchev–Trinajstić information content (AvgIpc) is 2.55. The van der Waals surface area contributed by atoms with Crippen LogP contribution >= 0.6 is 31.9 Å². The van der Waals surface area contributed by atoms with Crippen molar-refractivity contribution in [3.63, 3.8) is 0 Å². The summed E-state index contributed by atoms with van der Waals surface area (Å²) in [6, 6.07) is 0. The zero-order valence-electron chi connectivity index (χ0n) is 10.8. The van der Waals surface area contributed by atoms with Gasteiger partial charge in [-0.2, -0.15) is 0 Å². The van der Waals surface area contributed by atoms with Gasteiger partial charge in [-0.1, -0.05) is 0 Å². The topological polar surface area (TPSA) is 20.2 Å². The van der Waals surface area contributed by atoms with Gasteiger partial charge in [0, 0.05) is 11.1 Å². The van der Waals surface area contributed by atoms with Crippen LogP contribution in [0.2, 0.25) is 0 Å². The quantitative estimate of drug-likeness (QED) is 0.343. The molecule has 0 unspecified atom stereocenters. The van der Waals surface area contributed by atoms with Gasteiger partial charge in [0.2, 0.25) is 0 Å². The molecular weight excluding hydrogens is 484 g/mol. The minimum atomic E-state index is -2.71. The van der Waals surface area contributed by atoms with Crippen LogP contribution in [0, 0.1) is 46.5 Å². The molecule has 0 bridgehead atoms. The number of halogens is 10. The van der Waals surface area contributed by atoms with Crippen LogP contribution < -0.4 is 0 Å². The molecule has 0 heterocycles. The predicted octanol–water partition coefficient (Wildman–Crippen LogP) is 5.41. The first kappa shape index (κ1) is 19.1. The summed E-state index contributed by atoms with van der Waals surface area (Å²) in [6.07, 6.45) is -2.71. The molecule has 0 aliphatic carbocycles. The molecule has 0 aliphatic rings. The van der Waals surface area contributed by atoms with Crippen LogP contribution in [0.25, 0.3) is 0 Å². The average molecular weight is 486 g/mol. The molecule has 0 fully saturated rings. The highest BCUT2D eigenvalue weighted by atomic mass is 79.9. The Balaban J connectivity index is 2.84. The zero-order valence-corrected chi connectivity index (χ0v) is 14.0. The molecule has 2 aromatic carbocycles. The summed E-state index contributed by atoms with van der Waals surface area (Å²) in [6.45, 7) is 0. The van der Waals surface area contributed by atoms with Crippen LogP contribution in [-0.4, -0.2) is 5.11 Å². The van der Waals surface area contributed by atoms with Gasteiger partial charge < -0.3 is 5.11 Å². The van der Waals surface area contributed by atoms with Gasteiger partial charge in [-0.25, -0.2) is 35.1 Å². The van der Waals surface area contributed by atoms with Crippen molar-refractivity contribution in [3.05, 3.63) is 66.6 Å². The summed E-state index contributed by atoms with van der Waals surface area (Å²) in [5.74, 6) is -17.4. The third kappa shape index (κ3) is 2.72. The summed E-state index contributed by atoms with van der Waals surface area (Å²) < 4.78 is 105. The van der Waals surface area contributed by atoms with Crippen LogP contribution in [0.15, 0.2) is 8.95 Å². The first-order valence-corrected chi connectivity index (χ1v) is 7.31. The monoisotopic (exact) mass is 484 g/mol. The zero-order chi connectivity index (χ0) is 18.5. The standard InChI is InChI=1S/C13H2Br2F8O/c14-3-1(5(16)9(20)11(22)7(3)18)13(24)2-4(15)8(19)12(23)10(21)6(2)17/h13,24H. The van der Waals surface area contributed by atoms with Crippen molar-refractivity contribution < 1.29 is 40.2 Å². The summed E-state index contributed by atoms with van der Waals surface area (Å²) in [7, 11) is 0. The Bertz CT molecular complexity index is 727. The van der Waals surface area contributed by atoms with Gasteiger partial charge in [0.1, 0.15) is 6.10 Å². The number of benzene rings is 2. The van der Waals surface area contributed by atoms with Gasteiger partial charge in [0.15, 0.2) is 46.5 Å². The first-order valence-electron chi connectivity index (χ1n) is 5.73. The molecule has 24 heavy (non-hydrogen) atoms. The maximum absolute atomic E-state index is 13.8. The third-order valence-electron chi connectivity index (χ3n) is 3.03. The van der Waals surface area contributed by atoms with E-state index < -0.39 is 72.7 Å². The summed E-state index contributed by atoms with van der Waals surface area (Å²) in [4.78, 5) is 0. The Morgan fingerprint density at radius 1 is 0.500 bits per heavy atom. The van der Waals surface area contributed by atoms with Crippen molar-refractivity contribution in [1.29, 1.82) is 0 Å². The largest absolute Gasteiger partial charge is 0.383 e. The highest BCUT2D eigenvalue weighted by molar-refractivity contribution is 9.10. The van der Waals surface area contributed by atoms with Crippen molar-refractivity contribution in [2.75, 3.05) is 0 Å². The summed E-state index contributed by atoms with van der Waals surface area (Å²) >= 11 is 4.67. The molecule has 1 nitrogen and oxygen atoms in total. The van der Waals surface area contributed by atoms with Crippen molar-refractivity contribution in [2.24, 2.45) is 0 Å². The fourth-order valence-electron chi connectivity index (χ4n) is 1.87. The number of hydrogen-bond donors (Lipinski definition) is 1. The van der Waals surface area contributed by atoms with Crippen LogP contribution in [0.4, 0.5) is 35.1 Å². The molecular formula is C13H2Br2F8O. The molecule has 0 spiro atoms. The normalized spacial score (nSPS) is 11.5. The maximum Gasteiger partial charge on any atom is 0.198 e. The smallest absolute Gasteiger partial charge is 0.198 e. The molecule has 130 valence electrons. The van der Waals surface area contributed by atoms with Gasteiger partial charge in [0.05, 0.1) is 8.95 Å². The molecule has 0 saturated carbocycles. The van der Waals surface area contributed by atoms with E-state index in [1.54, 1.807) is 0 Å². The predicted molar refractivity (Wildman–Crippen MR) is 72.0 cm³/mol. The number of hydrogen-bond acceptors (Lipinski definition) is 1. The van der Waals surface area contributed by atoms with Gasteiger partial charge in [-0.05, 0) is 31.9 Å². The summed E-state index contributed by atoms with van der Waals surface area (Å²) in [5.41, 5.74) is -2.76. The molecule has 0 radical (unpaired) electrons. The molecule has 11 heteroatoms. The fraction of sp³-hybridized carbons (Fsp3) is 0.0769. The lowest BCUT2D eigenvalue weighted by Crippen LogP contribution is -2.14. The Kier molecular flexibility index (Phi) is 5.26. The number of aliphatic hydroxyl groups excluding tert-OH is 1. The molecule has 0 aliphatic heterocycles. The van der Waals surface area contributed by atoms with E-state index in [1.165, 1.54) is 0 Å². The maximum atomic E-state index is 13.8. The number of aliphatic hydroxyl groups is 1. The van der Waals surface area contributed by atoms with Crippen LogP contribution in [0.1, 0.15) is 17.2 Å². The van der Waals surface area contributed by atoms with E-state index in [2.05, 4.69) is 31.9 Å². The number of rotatable bonds is 2. The van der Waals surface area contributed by atoms with Crippen LogP contribution in [-0.2, 0) is 0 Å². The Labute approximate surface area is 145 Å². The van der Waals surface area contributed by atoms with E-state index in [4.69, 9.17) is 0 Å². The minimum absolute atomic E-state index is 1.15. The minimum Gasteiger partial charge on any atom is -0.383 e. The van der Waals surface area contributed by atoms with E-state index in [0.717, 1.165) is 0 Å². The molecule has 0 saturated heterocycles.